The van der Waals surface area contributed by atoms with Crippen molar-refractivity contribution in [1.82, 2.24) is 9.80 Å². The SMILES string of the molecule is C[C@]12CCC[C@@]3(CO3)[C@@H]1C[C@H]1[C@@H](C2)OC(=O)[C@@H]1CN1CCN(Cc2ccc3c(c2)OCO3)CC1. The monoisotopic (exact) mass is 468 g/mol. The Bertz CT molecular complexity index is 972. The quantitative estimate of drug-likeness (QED) is 0.497. The Morgan fingerprint density at radius 1 is 1.06 bits per heavy atom. The van der Waals surface area contributed by atoms with Gasteiger partial charge in [-0.1, -0.05) is 13.0 Å². The van der Waals surface area contributed by atoms with E-state index in [1.54, 1.807) is 0 Å². The van der Waals surface area contributed by atoms with Gasteiger partial charge >= 0.3 is 5.97 Å². The standard InChI is InChI=1S/C27H36N2O5/c1-26-5-2-6-27(16-33-27)24(26)12-19-20(25(30)34-23(19)13-26)15-29-9-7-28(8-10-29)14-18-3-4-21-22(11-18)32-17-31-21/h3-4,11,19-20,23-24H,2,5-10,12-17H2,1H3/t19-,20-,23-,24-,26-,27-/m1/s1. The predicted octanol–water partition coefficient (Wildman–Crippen LogP) is 3.06. The van der Waals surface area contributed by atoms with E-state index in [9.17, 15) is 4.79 Å². The zero-order chi connectivity index (χ0) is 22.9. The Morgan fingerprint density at radius 3 is 2.68 bits per heavy atom. The smallest absolute Gasteiger partial charge is 0.310 e. The fraction of sp³-hybridized carbons (Fsp3) is 0.741. The molecule has 34 heavy (non-hydrogen) atoms. The first kappa shape index (κ1) is 21.5. The summed E-state index contributed by atoms with van der Waals surface area (Å²) in [4.78, 5) is 18.0. The topological polar surface area (TPSA) is 63.8 Å². The van der Waals surface area contributed by atoms with Gasteiger partial charge in [-0.15, -0.1) is 0 Å². The van der Waals surface area contributed by atoms with Gasteiger partial charge in [0.25, 0.3) is 0 Å². The largest absolute Gasteiger partial charge is 0.462 e. The number of hydrogen-bond acceptors (Lipinski definition) is 7. The molecule has 0 aromatic heterocycles. The van der Waals surface area contributed by atoms with E-state index in [1.165, 1.54) is 24.8 Å². The molecule has 0 N–H and O–H groups in total. The lowest BCUT2D eigenvalue weighted by Crippen LogP contribution is -2.52. The second kappa shape index (κ2) is 7.84. The highest BCUT2D eigenvalue weighted by molar-refractivity contribution is 5.75. The van der Waals surface area contributed by atoms with Crippen LogP contribution in [-0.2, 0) is 20.8 Å². The van der Waals surface area contributed by atoms with E-state index in [0.29, 0.717) is 18.6 Å². The van der Waals surface area contributed by atoms with Crippen LogP contribution in [0.25, 0.3) is 0 Å². The molecule has 5 fully saturated rings. The van der Waals surface area contributed by atoms with Gasteiger partial charge in [-0.05, 0) is 61.1 Å². The van der Waals surface area contributed by atoms with Crippen molar-refractivity contribution in [3.05, 3.63) is 23.8 Å². The van der Waals surface area contributed by atoms with Crippen molar-refractivity contribution >= 4 is 5.97 Å². The van der Waals surface area contributed by atoms with Gasteiger partial charge < -0.3 is 18.9 Å². The van der Waals surface area contributed by atoms with Crippen molar-refractivity contribution in [2.24, 2.45) is 23.2 Å². The summed E-state index contributed by atoms with van der Waals surface area (Å²) in [5.74, 6) is 2.71. The third kappa shape index (κ3) is 3.54. The van der Waals surface area contributed by atoms with Gasteiger partial charge in [0.2, 0.25) is 6.79 Å². The lowest BCUT2D eigenvalue weighted by Gasteiger charge is -2.51. The number of epoxide rings is 1. The molecule has 1 aromatic rings. The van der Waals surface area contributed by atoms with Crippen LogP contribution in [0.5, 0.6) is 11.5 Å². The van der Waals surface area contributed by atoms with Crippen molar-refractivity contribution in [3.8, 4) is 11.5 Å². The van der Waals surface area contributed by atoms with Gasteiger partial charge in [-0.3, -0.25) is 14.6 Å². The molecule has 3 saturated heterocycles. The summed E-state index contributed by atoms with van der Waals surface area (Å²) >= 11 is 0. The Kier molecular flexibility index (Phi) is 4.94. The molecule has 4 heterocycles. The van der Waals surface area contributed by atoms with Crippen LogP contribution in [0.3, 0.4) is 0 Å². The van der Waals surface area contributed by atoms with Crippen LogP contribution in [0.4, 0.5) is 0 Å². The Labute approximate surface area is 201 Å². The molecule has 0 unspecified atom stereocenters. The Morgan fingerprint density at radius 2 is 1.85 bits per heavy atom. The summed E-state index contributed by atoms with van der Waals surface area (Å²) in [7, 11) is 0. The van der Waals surface area contributed by atoms with E-state index in [2.05, 4.69) is 28.9 Å². The number of ether oxygens (including phenoxy) is 4. The molecule has 6 aliphatic rings. The minimum Gasteiger partial charge on any atom is -0.462 e. The second-order valence-corrected chi connectivity index (χ2v) is 11.9. The third-order valence-corrected chi connectivity index (χ3v) is 9.84. The highest BCUT2D eigenvalue weighted by Gasteiger charge is 2.65. The van der Waals surface area contributed by atoms with E-state index in [-0.39, 0.29) is 29.0 Å². The number of carbonyl (C=O) groups is 1. The van der Waals surface area contributed by atoms with Crippen LogP contribution in [0.1, 0.15) is 44.6 Å². The lowest BCUT2D eigenvalue weighted by molar-refractivity contribution is -0.147. The minimum absolute atomic E-state index is 0.0210. The molecule has 7 rings (SSSR count). The Hall–Kier alpha value is -1.83. The maximum absolute atomic E-state index is 13.0. The lowest BCUT2D eigenvalue weighted by atomic mass is 9.53. The number of benzene rings is 1. The van der Waals surface area contributed by atoms with Crippen molar-refractivity contribution in [3.63, 3.8) is 0 Å². The van der Waals surface area contributed by atoms with Crippen molar-refractivity contribution in [1.29, 1.82) is 0 Å². The van der Waals surface area contributed by atoms with Crippen molar-refractivity contribution < 1.29 is 23.7 Å². The molecule has 0 radical (unpaired) electrons. The van der Waals surface area contributed by atoms with E-state index in [0.717, 1.165) is 70.2 Å². The zero-order valence-electron chi connectivity index (χ0n) is 20.2. The summed E-state index contributed by atoms with van der Waals surface area (Å²) in [5.41, 5.74) is 1.65. The maximum atomic E-state index is 13.0. The molecule has 0 bridgehead atoms. The van der Waals surface area contributed by atoms with E-state index >= 15 is 0 Å². The minimum atomic E-state index is 0.0210. The summed E-state index contributed by atoms with van der Waals surface area (Å²) < 4.78 is 23.0. The number of hydrogen-bond donors (Lipinski definition) is 0. The molecular weight excluding hydrogens is 432 g/mol. The van der Waals surface area contributed by atoms with Crippen molar-refractivity contribution in [2.45, 2.75) is 57.3 Å². The average molecular weight is 469 g/mol. The molecule has 7 heteroatoms. The molecule has 0 amide bonds. The predicted molar refractivity (Wildman–Crippen MR) is 125 cm³/mol. The van der Waals surface area contributed by atoms with Crippen LogP contribution in [0, 0.1) is 23.2 Å². The summed E-state index contributed by atoms with van der Waals surface area (Å²) in [6, 6.07) is 6.24. The number of fused-ring (bicyclic) bond motifs is 4. The summed E-state index contributed by atoms with van der Waals surface area (Å²) in [5, 5.41) is 0. The molecule has 1 spiro atoms. The van der Waals surface area contributed by atoms with Gasteiger partial charge in [-0.25, -0.2) is 0 Å². The molecule has 4 aliphatic heterocycles. The second-order valence-electron chi connectivity index (χ2n) is 11.9. The molecule has 7 nitrogen and oxygen atoms in total. The van der Waals surface area contributed by atoms with Crippen LogP contribution in [0.2, 0.25) is 0 Å². The number of nitrogens with zero attached hydrogens (tertiary/aromatic N) is 2. The highest BCUT2D eigenvalue weighted by Crippen LogP contribution is 2.62. The number of esters is 1. The Balaban J connectivity index is 0.971. The van der Waals surface area contributed by atoms with Gasteiger partial charge in [0.15, 0.2) is 11.5 Å². The van der Waals surface area contributed by atoms with Crippen LogP contribution >= 0.6 is 0 Å². The first-order chi connectivity index (χ1) is 16.5. The third-order valence-electron chi connectivity index (χ3n) is 9.84. The molecule has 184 valence electrons. The van der Waals surface area contributed by atoms with E-state index in [4.69, 9.17) is 18.9 Å². The van der Waals surface area contributed by atoms with Crippen LogP contribution < -0.4 is 9.47 Å². The van der Waals surface area contributed by atoms with Crippen LogP contribution in [-0.4, -0.2) is 73.6 Å². The normalized spacial score (nSPS) is 41.3. The number of rotatable bonds is 4. The first-order valence-electron chi connectivity index (χ1n) is 13.2. The van der Waals surface area contributed by atoms with Crippen molar-refractivity contribution in [2.75, 3.05) is 46.1 Å². The number of piperazine rings is 1. The molecule has 2 saturated carbocycles. The van der Waals surface area contributed by atoms with Crippen LogP contribution in [0.15, 0.2) is 18.2 Å². The van der Waals surface area contributed by atoms with Gasteiger partial charge in [-0.2, -0.15) is 0 Å². The summed E-state index contributed by atoms with van der Waals surface area (Å²) in [6.07, 6.45) is 5.94. The fourth-order valence-corrected chi connectivity index (χ4v) is 7.87. The molecular formula is C27H36N2O5. The zero-order valence-corrected chi connectivity index (χ0v) is 20.2. The van der Waals surface area contributed by atoms with Gasteiger partial charge in [0, 0.05) is 45.2 Å². The average Bonchev–Trinajstić information content (AvgIpc) is 3.31. The van der Waals surface area contributed by atoms with Gasteiger partial charge in [0.1, 0.15) is 6.10 Å². The number of carbonyl (C=O) groups excluding carboxylic acids is 1. The molecule has 6 atom stereocenters. The summed E-state index contributed by atoms with van der Waals surface area (Å²) in [6.45, 7) is 9.46. The molecule has 1 aromatic carbocycles. The highest BCUT2D eigenvalue weighted by atomic mass is 16.7. The van der Waals surface area contributed by atoms with Gasteiger partial charge in [0.05, 0.1) is 18.1 Å². The maximum Gasteiger partial charge on any atom is 0.310 e. The van der Waals surface area contributed by atoms with E-state index < -0.39 is 0 Å². The molecule has 2 aliphatic carbocycles. The fourth-order valence-electron chi connectivity index (χ4n) is 7.87. The van der Waals surface area contributed by atoms with E-state index in [1.807, 2.05) is 6.07 Å². The first-order valence-corrected chi connectivity index (χ1v) is 13.2.